The average molecular weight is 467 g/mol. The molecule has 0 saturated heterocycles. The van der Waals surface area contributed by atoms with Gasteiger partial charge in [0.05, 0.1) is 33.1 Å². The Balaban J connectivity index is 1.86. The Kier molecular flexibility index (Phi) is 8.70. The standard InChI is InChI=1S/C26H30N2O6/c1-5-18(11-15-25(29)28-30)34-19-8-6-17(7-9-19)26-23(32-3)14-13-22(27-26)21-12-10-20(31-2)16-24(21)33-4/h6-10,12-14,16,18,30H,5,11,15H2,1-4H3,(H,28,29). The quantitative estimate of drug-likeness (QED) is 0.307. The molecule has 1 aromatic heterocycles. The predicted octanol–water partition coefficient (Wildman–Crippen LogP) is 4.88. The normalized spacial score (nSPS) is 11.4. The van der Waals surface area contributed by atoms with Crippen LogP contribution in [0.25, 0.3) is 22.5 Å². The Bertz CT molecular complexity index is 1100. The molecule has 0 spiro atoms. The minimum atomic E-state index is -0.427. The van der Waals surface area contributed by atoms with E-state index in [0.717, 1.165) is 23.2 Å². The van der Waals surface area contributed by atoms with Gasteiger partial charge in [0.25, 0.3) is 0 Å². The van der Waals surface area contributed by atoms with Crippen LogP contribution in [0, 0.1) is 0 Å². The van der Waals surface area contributed by atoms with Crippen molar-refractivity contribution in [3.63, 3.8) is 0 Å². The third-order valence-electron chi connectivity index (χ3n) is 5.47. The molecule has 0 saturated carbocycles. The van der Waals surface area contributed by atoms with E-state index < -0.39 is 5.91 Å². The maximum Gasteiger partial charge on any atom is 0.243 e. The van der Waals surface area contributed by atoms with Crippen LogP contribution in [0.2, 0.25) is 0 Å². The maximum atomic E-state index is 11.3. The number of nitrogens with one attached hydrogen (secondary N) is 1. The zero-order chi connectivity index (χ0) is 24.5. The second-order valence-corrected chi connectivity index (χ2v) is 7.56. The number of carbonyl (C=O) groups excluding carboxylic acids is 1. The van der Waals surface area contributed by atoms with E-state index in [1.807, 2.05) is 61.5 Å². The number of amides is 1. The number of ether oxygens (including phenoxy) is 4. The summed E-state index contributed by atoms with van der Waals surface area (Å²) in [5.41, 5.74) is 4.78. The summed E-state index contributed by atoms with van der Waals surface area (Å²) in [7, 11) is 4.83. The lowest BCUT2D eigenvalue weighted by Gasteiger charge is -2.17. The Labute approximate surface area is 199 Å². The van der Waals surface area contributed by atoms with Crippen molar-refractivity contribution in [3.8, 4) is 45.5 Å². The molecule has 8 nitrogen and oxygen atoms in total. The summed E-state index contributed by atoms with van der Waals surface area (Å²) >= 11 is 0. The lowest BCUT2D eigenvalue weighted by atomic mass is 10.1. The molecule has 1 heterocycles. The van der Waals surface area contributed by atoms with E-state index in [0.29, 0.717) is 35.1 Å². The van der Waals surface area contributed by atoms with Gasteiger partial charge in [0.1, 0.15) is 28.7 Å². The Morgan fingerprint density at radius 1 is 0.941 bits per heavy atom. The van der Waals surface area contributed by atoms with E-state index in [4.69, 9.17) is 29.1 Å². The van der Waals surface area contributed by atoms with Crippen molar-refractivity contribution >= 4 is 5.91 Å². The fourth-order valence-corrected chi connectivity index (χ4v) is 3.56. The molecule has 0 bridgehead atoms. The van der Waals surface area contributed by atoms with Crippen molar-refractivity contribution in [1.29, 1.82) is 0 Å². The maximum absolute atomic E-state index is 11.3. The topological polar surface area (TPSA) is 99.1 Å². The van der Waals surface area contributed by atoms with Gasteiger partial charge in [-0.25, -0.2) is 10.5 Å². The summed E-state index contributed by atoms with van der Waals surface area (Å²) in [5, 5.41) is 8.67. The molecule has 0 radical (unpaired) electrons. The summed E-state index contributed by atoms with van der Waals surface area (Å²) in [6, 6.07) is 16.9. The van der Waals surface area contributed by atoms with Crippen molar-refractivity contribution in [2.24, 2.45) is 0 Å². The Morgan fingerprint density at radius 3 is 2.26 bits per heavy atom. The van der Waals surface area contributed by atoms with Crippen LogP contribution in [0.5, 0.6) is 23.0 Å². The zero-order valence-corrected chi connectivity index (χ0v) is 19.8. The number of nitrogens with zero attached hydrogens (tertiary/aromatic N) is 1. The highest BCUT2D eigenvalue weighted by Gasteiger charge is 2.15. The lowest BCUT2D eigenvalue weighted by Crippen LogP contribution is -2.23. The molecule has 0 aliphatic heterocycles. The van der Waals surface area contributed by atoms with Gasteiger partial charge < -0.3 is 18.9 Å². The molecule has 3 aromatic rings. The minimum absolute atomic E-state index is 0.137. The number of carbonyl (C=O) groups is 1. The van der Waals surface area contributed by atoms with E-state index in [2.05, 4.69) is 0 Å². The highest BCUT2D eigenvalue weighted by Crippen LogP contribution is 2.36. The van der Waals surface area contributed by atoms with Gasteiger partial charge in [-0.15, -0.1) is 0 Å². The monoisotopic (exact) mass is 466 g/mol. The van der Waals surface area contributed by atoms with Gasteiger partial charge in [0.15, 0.2) is 0 Å². The predicted molar refractivity (Wildman–Crippen MR) is 129 cm³/mol. The summed E-state index contributed by atoms with van der Waals surface area (Å²) < 4.78 is 22.4. The summed E-state index contributed by atoms with van der Waals surface area (Å²) in [6.07, 6.45) is 1.30. The minimum Gasteiger partial charge on any atom is -0.497 e. The Morgan fingerprint density at radius 2 is 1.65 bits per heavy atom. The van der Waals surface area contributed by atoms with E-state index >= 15 is 0 Å². The number of hydrogen-bond acceptors (Lipinski definition) is 7. The first-order valence-corrected chi connectivity index (χ1v) is 11.0. The average Bonchev–Trinajstić information content (AvgIpc) is 2.90. The molecule has 1 atom stereocenters. The van der Waals surface area contributed by atoms with Gasteiger partial charge in [-0.1, -0.05) is 6.92 Å². The van der Waals surface area contributed by atoms with Crippen LogP contribution in [0.1, 0.15) is 26.2 Å². The van der Waals surface area contributed by atoms with E-state index in [9.17, 15) is 4.79 Å². The number of rotatable bonds is 11. The third kappa shape index (κ3) is 5.96. The zero-order valence-electron chi connectivity index (χ0n) is 19.8. The van der Waals surface area contributed by atoms with Crippen molar-refractivity contribution in [3.05, 3.63) is 54.6 Å². The molecule has 0 aliphatic carbocycles. The highest BCUT2D eigenvalue weighted by atomic mass is 16.5. The lowest BCUT2D eigenvalue weighted by molar-refractivity contribution is -0.129. The van der Waals surface area contributed by atoms with Crippen LogP contribution >= 0.6 is 0 Å². The van der Waals surface area contributed by atoms with Crippen LogP contribution < -0.4 is 24.4 Å². The molecule has 180 valence electrons. The molecule has 0 fully saturated rings. The molecule has 8 heteroatoms. The van der Waals surface area contributed by atoms with Crippen LogP contribution in [0.15, 0.2) is 54.6 Å². The number of aromatic nitrogens is 1. The first-order valence-electron chi connectivity index (χ1n) is 11.0. The fraction of sp³-hybridized carbons (Fsp3) is 0.308. The van der Waals surface area contributed by atoms with E-state index in [1.165, 1.54) is 0 Å². The number of hydrogen-bond donors (Lipinski definition) is 2. The molecule has 0 aliphatic rings. The SMILES string of the molecule is CCC(CCC(=O)NO)Oc1ccc(-c2nc(-c3ccc(OC)cc3OC)ccc2OC)cc1. The molecule has 2 aromatic carbocycles. The Hall–Kier alpha value is -3.78. The van der Waals surface area contributed by atoms with Crippen LogP contribution in [0.4, 0.5) is 0 Å². The molecule has 2 N–H and O–H groups in total. The molecule has 1 amide bonds. The van der Waals surface area contributed by atoms with Gasteiger partial charge >= 0.3 is 0 Å². The van der Waals surface area contributed by atoms with Crippen molar-refractivity contribution in [2.45, 2.75) is 32.3 Å². The van der Waals surface area contributed by atoms with Gasteiger partial charge in [-0.2, -0.15) is 0 Å². The van der Waals surface area contributed by atoms with Crippen molar-refractivity contribution < 1.29 is 28.9 Å². The number of methoxy groups -OCH3 is 3. The summed E-state index contributed by atoms with van der Waals surface area (Å²) in [4.78, 5) is 16.2. The summed E-state index contributed by atoms with van der Waals surface area (Å²) in [6.45, 7) is 1.99. The van der Waals surface area contributed by atoms with Crippen molar-refractivity contribution in [2.75, 3.05) is 21.3 Å². The summed E-state index contributed by atoms with van der Waals surface area (Å²) in [5.74, 6) is 2.27. The fourth-order valence-electron chi connectivity index (χ4n) is 3.56. The first-order chi connectivity index (χ1) is 16.5. The second-order valence-electron chi connectivity index (χ2n) is 7.56. The van der Waals surface area contributed by atoms with E-state index in [-0.39, 0.29) is 12.5 Å². The van der Waals surface area contributed by atoms with Gasteiger partial charge in [0.2, 0.25) is 5.91 Å². The largest absolute Gasteiger partial charge is 0.497 e. The first kappa shape index (κ1) is 24.9. The van der Waals surface area contributed by atoms with Crippen molar-refractivity contribution in [1.82, 2.24) is 10.5 Å². The van der Waals surface area contributed by atoms with Gasteiger partial charge in [0, 0.05) is 23.6 Å². The molecule has 3 rings (SSSR count). The van der Waals surface area contributed by atoms with Gasteiger partial charge in [-0.3, -0.25) is 10.0 Å². The molecular weight excluding hydrogens is 436 g/mol. The molecule has 34 heavy (non-hydrogen) atoms. The third-order valence-corrected chi connectivity index (χ3v) is 5.47. The van der Waals surface area contributed by atoms with E-state index in [1.54, 1.807) is 26.8 Å². The second kappa shape index (κ2) is 11.9. The van der Waals surface area contributed by atoms with Gasteiger partial charge in [-0.05, 0) is 61.4 Å². The number of benzene rings is 2. The highest BCUT2D eigenvalue weighted by molar-refractivity contribution is 5.75. The smallest absolute Gasteiger partial charge is 0.243 e. The molecular formula is C26H30N2O6. The molecule has 1 unspecified atom stereocenters. The van der Waals surface area contributed by atoms with Crippen LogP contribution in [0.3, 0.4) is 0 Å². The van der Waals surface area contributed by atoms with Crippen LogP contribution in [-0.2, 0) is 4.79 Å². The number of pyridine rings is 1. The number of hydroxylamine groups is 1. The van der Waals surface area contributed by atoms with Crippen LogP contribution in [-0.4, -0.2) is 43.5 Å².